The number of rotatable bonds is 4. The molecule has 0 fully saturated rings. The van der Waals surface area contributed by atoms with Crippen LogP contribution in [0.5, 0.6) is 0 Å². The molecule has 0 aliphatic carbocycles. The highest BCUT2D eigenvalue weighted by Gasteiger charge is 2.08. The fraction of sp³-hybridized carbons (Fsp3) is 0.333. The summed E-state index contributed by atoms with van der Waals surface area (Å²) in [5, 5.41) is 0. The molecular weight excluding hydrogens is 276 g/mol. The summed E-state index contributed by atoms with van der Waals surface area (Å²) in [6, 6.07) is 0. The van der Waals surface area contributed by atoms with E-state index in [0.717, 1.165) is 0 Å². The minimum atomic E-state index is -0.455. The van der Waals surface area contributed by atoms with Crippen LogP contribution in [0.1, 0.15) is 12.6 Å². The second-order valence-electron chi connectivity index (χ2n) is 4.41. The quantitative estimate of drug-likeness (QED) is 0.479. The molecule has 0 aromatic carbocycles. The first-order chi connectivity index (χ1) is 9.95. The lowest BCUT2D eigenvalue weighted by molar-refractivity contribution is -0.142. The molecule has 2 aromatic rings. The van der Waals surface area contributed by atoms with Crippen molar-refractivity contribution in [3.8, 4) is 0 Å². The second kappa shape index (κ2) is 6.07. The van der Waals surface area contributed by atoms with Gasteiger partial charge in [-0.1, -0.05) is 0 Å². The first-order valence-electron chi connectivity index (χ1n) is 6.05. The Hall–Kier alpha value is -2.84. The number of carbonyl (C=O) groups excluding carboxylic acids is 1. The van der Waals surface area contributed by atoms with Gasteiger partial charge in [0.05, 0.1) is 18.2 Å². The van der Waals surface area contributed by atoms with Gasteiger partial charge in [-0.05, 0) is 0 Å². The van der Waals surface area contributed by atoms with Gasteiger partial charge in [0.15, 0.2) is 11.2 Å². The van der Waals surface area contributed by atoms with Crippen molar-refractivity contribution < 1.29 is 9.53 Å². The summed E-state index contributed by atoms with van der Waals surface area (Å²) in [7, 11) is 3.59. The molecule has 21 heavy (non-hydrogen) atoms. The van der Waals surface area contributed by atoms with Crippen LogP contribution in [0.3, 0.4) is 0 Å². The molecule has 0 amide bonds. The minimum Gasteiger partial charge on any atom is -0.459 e. The maximum Gasteiger partial charge on any atom is 0.303 e. The Morgan fingerprint density at radius 2 is 2.24 bits per heavy atom. The van der Waals surface area contributed by atoms with Gasteiger partial charge >= 0.3 is 5.97 Å². The van der Waals surface area contributed by atoms with E-state index < -0.39 is 11.5 Å². The van der Waals surface area contributed by atoms with Crippen LogP contribution in [0, 0.1) is 0 Å². The fourth-order valence-electron chi connectivity index (χ4n) is 1.42. The highest BCUT2D eigenvalue weighted by molar-refractivity contribution is 5.70. The zero-order chi connectivity index (χ0) is 15.4. The third kappa shape index (κ3) is 3.81. The summed E-state index contributed by atoms with van der Waals surface area (Å²) in [5.41, 5.74) is 0.164. The zero-order valence-corrected chi connectivity index (χ0v) is 11.8. The maximum atomic E-state index is 11.9. The molecule has 0 saturated carbocycles. The molecule has 0 unspecified atom stereocenters. The number of hydrogen-bond donors (Lipinski definition) is 1. The standard InChI is InChI=1S/C12H14N6O3/c1-7(19)21-5-8-4-13-10-9(15-8)11(20)17-12(16-10)14-6-18(2)3/h4,6H,5H2,1-3H3,(H,13,16,17,20)/b14-6+. The molecular formula is C12H14N6O3. The van der Waals surface area contributed by atoms with Gasteiger partial charge in [-0.25, -0.2) is 15.0 Å². The van der Waals surface area contributed by atoms with E-state index in [4.69, 9.17) is 4.74 Å². The van der Waals surface area contributed by atoms with Crippen LogP contribution in [0.2, 0.25) is 0 Å². The molecule has 0 bridgehead atoms. The van der Waals surface area contributed by atoms with E-state index in [1.807, 2.05) is 0 Å². The maximum absolute atomic E-state index is 11.9. The number of nitrogens with one attached hydrogen (secondary N) is 1. The number of nitrogens with zero attached hydrogens (tertiary/aromatic N) is 5. The Bertz CT molecular complexity index is 752. The van der Waals surface area contributed by atoms with Crippen LogP contribution >= 0.6 is 0 Å². The summed E-state index contributed by atoms with van der Waals surface area (Å²) in [6.07, 6.45) is 2.91. The number of aliphatic imine (C=N–C) groups is 1. The van der Waals surface area contributed by atoms with Gasteiger partial charge < -0.3 is 9.64 Å². The molecule has 2 aromatic heterocycles. The average Bonchev–Trinajstić information content (AvgIpc) is 2.43. The minimum absolute atomic E-state index is 0.0434. The third-order valence-electron chi connectivity index (χ3n) is 2.29. The summed E-state index contributed by atoms with van der Waals surface area (Å²) >= 11 is 0. The SMILES string of the molecule is CC(=O)OCc1cnc2nc(/N=C/N(C)C)[nH]c(=O)c2n1. The van der Waals surface area contributed by atoms with Gasteiger partial charge in [0.25, 0.3) is 5.56 Å². The van der Waals surface area contributed by atoms with E-state index in [1.165, 1.54) is 19.5 Å². The van der Waals surface area contributed by atoms with E-state index >= 15 is 0 Å². The Morgan fingerprint density at radius 3 is 2.90 bits per heavy atom. The number of hydrogen-bond acceptors (Lipinski definition) is 7. The molecule has 9 nitrogen and oxygen atoms in total. The van der Waals surface area contributed by atoms with Gasteiger partial charge in [0.2, 0.25) is 5.95 Å². The van der Waals surface area contributed by atoms with Crippen LogP contribution < -0.4 is 5.56 Å². The lowest BCUT2D eigenvalue weighted by Crippen LogP contribution is -2.13. The molecule has 9 heteroatoms. The van der Waals surface area contributed by atoms with Crippen LogP contribution in [-0.2, 0) is 16.1 Å². The molecule has 0 radical (unpaired) electrons. The largest absolute Gasteiger partial charge is 0.459 e. The predicted molar refractivity (Wildman–Crippen MR) is 75.3 cm³/mol. The first kappa shape index (κ1) is 14.6. The van der Waals surface area contributed by atoms with Gasteiger partial charge in [-0.15, -0.1) is 0 Å². The normalized spacial score (nSPS) is 11.0. The average molecular weight is 290 g/mol. The van der Waals surface area contributed by atoms with Crippen molar-refractivity contribution in [2.24, 2.45) is 4.99 Å². The van der Waals surface area contributed by atoms with Crippen molar-refractivity contribution in [3.63, 3.8) is 0 Å². The van der Waals surface area contributed by atoms with Crippen LogP contribution in [-0.4, -0.2) is 51.2 Å². The van der Waals surface area contributed by atoms with Crippen molar-refractivity contribution >= 4 is 29.4 Å². The molecule has 0 atom stereocenters. The van der Waals surface area contributed by atoms with Crippen LogP contribution in [0.4, 0.5) is 5.95 Å². The number of aromatic amines is 1. The number of esters is 1. The van der Waals surface area contributed by atoms with E-state index in [0.29, 0.717) is 5.69 Å². The van der Waals surface area contributed by atoms with Crippen molar-refractivity contribution in [1.82, 2.24) is 24.8 Å². The van der Waals surface area contributed by atoms with Crippen molar-refractivity contribution in [1.29, 1.82) is 0 Å². The molecule has 110 valence electrons. The summed E-state index contributed by atoms with van der Waals surface area (Å²) in [6.45, 7) is 1.25. The van der Waals surface area contributed by atoms with Gasteiger partial charge in [-0.2, -0.15) is 4.98 Å². The number of ether oxygens (including phenoxy) is 1. The lowest BCUT2D eigenvalue weighted by atomic mass is 10.4. The number of fused-ring (bicyclic) bond motifs is 1. The summed E-state index contributed by atoms with van der Waals surface area (Å²) in [5.74, 6) is -0.291. The Balaban J connectivity index is 2.36. The molecule has 0 aliphatic heterocycles. The third-order valence-corrected chi connectivity index (χ3v) is 2.29. The number of aromatic nitrogens is 4. The van der Waals surface area contributed by atoms with Crippen LogP contribution in [0.15, 0.2) is 16.0 Å². The number of carbonyl (C=O) groups is 1. The molecule has 0 aliphatic rings. The Kier molecular flexibility index (Phi) is 4.21. The fourth-order valence-corrected chi connectivity index (χ4v) is 1.42. The van der Waals surface area contributed by atoms with Gasteiger partial charge in [0.1, 0.15) is 6.61 Å². The number of H-pyrrole nitrogens is 1. The Labute approximate surface area is 119 Å². The molecule has 1 N–H and O–H groups in total. The first-order valence-corrected chi connectivity index (χ1v) is 6.05. The van der Waals surface area contributed by atoms with Crippen molar-refractivity contribution in [3.05, 3.63) is 22.2 Å². The molecule has 0 saturated heterocycles. The lowest BCUT2D eigenvalue weighted by Gasteiger charge is -2.03. The second-order valence-corrected chi connectivity index (χ2v) is 4.41. The summed E-state index contributed by atoms with van der Waals surface area (Å²) < 4.78 is 4.80. The van der Waals surface area contributed by atoms with E-state index in [-0.39, 0.29) is 23.7 Å². The topological polar surface area (TPSA) is 113 Å². The van der Waals surface area contributed by atoms with E-state index in [1.54, 1.807) is 19.0 Å². The highest BCUT2D eigenvalue weighted by atomic mass is 16.5. The molecule has 2 rings (SSSR count). The van der Waals surface area contributed by atoms with E-state index in [9.17, 15) is 9.59 Å². The zero-order valence-electron chi connectivity index (χ0n) is 11.8. The van der Waals surface area contributed by atoms with Gasteiger partial charge in [-0.3, -0.25) is 14.6 Å². The monoisotopic (exact) mass is 290 g/mol. The van der Waals surface area contributed by atoms with Crippen molar-refractivity contribution in [2.75, 3.05) is 14.1 Å². The summed E-state index contributed by atoms with van der Waals surface area (Å²) in [4.78, 5) is 43.1. The van der Waals surface area contributed by atoms with Gasteiger partial charge in [0, 0.05) is 21.0 Å². The Morgan fingerprint density at radius 1 is 1.48 bits per heavy atom. The molecule has 0 spiro atoms. The van der Waals surface area contributed by atoms with E-state index in [2.05, 4.69) is 24.9 Å². The highest BCUT2D eigenvalue weighted by Crippen LogP contribution is 2.07. The molecule has 2 heterocycles. The smallest absolute Gasteiger partial charge is 0.303 e. The van der Waals surface area contributed by atoms with Crippen LogP contribution in [0.25, 0.3) is 11.2 Å². The van der Waals surface area contributed by atoms with Crippen molar-refractivity contribution in [2.45, 2.75) is 13.5 Å². The predicted octanol–water partition coefficient (Wildman–Crippen LogP) is -0.00240.